The van der Waals surface area contributed by atoms with Crippen LogP contribution in [0.5, 0.6) is 0 Å². The number of nitrogens with one attached hydrogen (secondary N) is 2. The fourth-order valence-corrected chi connectivity index (χ4v) is 1.27. The Kier molecular flexibility index (Phi) is 4.46. The molecule has 0 aliphatic heterocycles. The average molecular weight is 196 g/mol. The van der Waals surface area contributed by atoms with Crippen LogP contribution in [-0.2, 0) is 6.54 Å². The number of aryl methyl sites for hydroxylation is 1. The SMILES string of the molecule is CCn1ccnc1NCCNC(C)C. The van der Waals surface area contributed by atoms with Crippen LogP contribution in [0.3, 0.4) is 0 Å². The van der Waals surface area contributed by atoms with Crippen LogP contribution < -0.4 is 10.6 Å². The van der Waals surface area contributed by atoms with Crippen molar-refractivity contribution in [3.8, 4) is 0 Å². The van der Waals surface area contributed by atoms with Gasteiger partial charge in [0.2, 0.25) is 5.95 Å². The van der Waals surface area contributed by atoms with Crippen molar-refractivity contribution in [2.45, 2.75) is 33.4 Å². The number of aromatic nitrogens is 2. The predicted octanol–water partition coefficient (Wildman–Crippen LogP) is 1.31. The van der Waals surface area contributed by atoms with E-state index in [1.807, 2.05) is 12.4 Å². The number of rotatable bonds is 6. The van der Waals surface area contributed by atoms with Gasteiger partial charge < -0.3 is 15.2 Å². The van der Waals surface area contributed by atoms with Gasteiger partial charge >= 0.3 is 0 Å². The molecule has 0 aliphatic carbocycles. The van der Waals surface area contributed by atoms with Crippen LogP contribution in [0.25, 0.3) is 0 Å². The summed E-state index contributed by atoms with van der Waals surface area (Å²) in [6, 6.07) is 0.544. The van der Waals surface area contributed by atoms with Gasteiger partial charge in [0.25, 0.3) is 0 Å². The van der Waals surface area contributed by atoms with E-state index in [2.05, 4.69) is 41.0 Å². The highest BCUT2D eigenvalue weighted by molar-refractivity contribution is 5.25. The molecule has 0 unspecified atom stereocenters. The molecule has 0 spiro atoms. The van der Waals surface area contributed by atoms with Crippen LogP contribution in [0.15, 0.2) is 12.4 Å². The third-order valence-corrected chi connectivity index (χ3v) is 2.02. The standard InChI is InChI=1S/C10H20N4/c1-4-14-8-7-13-10(14)12-6-5-11-9(2)3/h7-9,11H,4-6H2,1-3H3,(H,12,13). The normalized spacial score (nSPS) is 10.9. The molecule has 1 aromatic rings. The van der Waals surface area contributed by atoms with E-state index in [0.717, 1.165) is 25.6 Å². The number of anilines is 1. The van der Waals surface area contributed by atoms with E-state index in [-0.39, 0.29) is 0 Å². The summed E-state index contributed by atoms with van der Waals surface area (Å²) in [5.41, 5.74) is 0. The van der Waals surface area contributed by atoms with Gasteiger partial charge in [-0.25, -0.2) is 4.98 Å². The summed E-state index contributed by atoms with van der Waals surface area (Å²) in [4.78, 5) is 4.23. The van der Waals surface area contributed by atoms with E-state index in [1.165, 1.54) is 0 Å². The number of imidazole rings is 1. The number of hydrogen-bond donors (Lipinski definition) is 2. The third kappa shape index (κ3) is 3.38. The van der Waals surface area contributed by atoms with E-state index in [0.29, 0.717) is 6.04 Å². The number of nitrogens with zero attached hydrogens (tertiary/aromatic N) is 2. The first kappa shape index (κ1) is 11.0. The molecule has 0 saturated heterocycles. The zero-order valence-electron chi connectivity index (χ0n) is 9.25. The summed E-state index contributed by atoms with van der Waals surface area (Å²) >= 11 is 0. The van der Waals surface area contributed by atoms with Crippen LogP contribution >= 0.6 is 0 Å². The fraction of sp³-hybridized carbons (Fsp3) is 0.700. The average Bonchev–Trinajstić information content (AvgIpc) is 2.59. The lowest BCUT2D eigenvalue weighted by Gasteiger charge is -2.10. The second-order valence-corrected chi connectivity index (χ2v) is 3.57. The molecule has 0 radical (unpaired) electrons. The van der Waals surface area contributed by atoms with E-state index in [1.54, 1.807) is 0 Å². The lowest BCUT2D eigenvalue weighted by Crippen LogP contribution is -2.28. The highest BCUT2D eigenvalue weighted by Gasteiger charge is 1.98. The highest BCUT2D eigenvalue weighted by atomic mass is 15.2. The van der Waals surface area contributed by atoms with Crippen molar-refractivity contribution in [3.05, 3.63) is 12.4 Å². The van der Waals surface area contributed by atoms with Crippen molar-refractivity contribution >= 4 is 5.95 Å². The van der Waals surface area contributed by atoms with Crippen LogP contribution in [0.1, 0.15) is 20.8 Å². The van der Waals surface area contributed by atoms with Gasteiger partial charge in [0.15, 0.2) is 0 Å². The summed E-state index contributed by atoms with van der Waals surface area (Å²) in [6.07, 6.45) is 3.81. The molecule has 0 aliphatic rings. The van der Waals surface area contributed by atoms with Crippen molar-refractivity contribution in [3.63, 3.8) is 0 Å². The van der Waals surface area contributed by atoms with E-state index in [9.17, 15) is 0 Å². The van der Waals surface area contributed by atoms with Gasteiger partial charge in [0, 0.05) is 38.1 Å². The first-order chi connectivity index (χ1) is 6.74. The third-order valence-electron chi connectivity index (χ3n) is 2.02. The largest absolute Gasteiger partial charge is 0.354 e. The van der Waals surface area contributed by atoms with Crippen LogP contribution in [0, 0.1) is 0 Å². The topological polar surface area (TPSA) is 41.9 Å². The maximum absolute atomic E-state index is 4.23. The van der Waals surface area contributed by atoms with Gasteiger partial charge in [-0.15, -0.1) is 0 Å². The Morgan fingerprint density at radius 1 is 1.43 bits per heavy atom. The van der Waals surface area contributed by atoms with E-state index in [4.69, 9.17) is 0 Å². The van der Waals surface area contributed by atoms with Gasteiger partial charge in [-0.2, -0.15) is 0 Å². The highest BCUT2D eigenvalue weighted by Crippen LogP contribution is 2.02. The molecule has 1 aromatic heterocycles. The van der Waals surface area contributed by atoms with Gasteiger partial charge in [0.05, 0.1) is 0 Å². The molecule has 0 atom stereocenters. The van der Waals surface area contributed by atoms with Crippen molar-refractivity contribution in [2.24, 2.45) is 0 Å². The summed E-state index contributed by atoms with van der Waals surface area (Å²) in [6.45, 7) is 9.24. The van der Waals surface area contributed by atoms with E-state index >= 15 is 0 Å². The Bertz CT molecular complexity index is 254. The molecule has 0 aromatic carbocycles. The van der Waals surface area contributed by atoms with Gasteiger partial charge in [-0.3, -0.25) is 0 Å². The van der Waals surface area contributed by atoms with Gasteiger partial charge in [-0.1, -0.05) is 13.8 Å². The summed E-state index contributed by atoms with van der Waals surface area (Å²) in [5, 5.41) is 6.63. The second kappa shape index (κ2) is 5.65. The molecule has 80 valence electrons. The first-order valence-corrected chi connectivity index (χ1v) is 5.22. The van der Waals surface area contributed by atoms with Crippen molar-refractivity contribution < 1.29 is 0 Å². The molecule has 4 heteroatoms. The van der Waals surface area contributed by atoms with Crippen LogP contribution in [0.2, 0.25) is 0 Å². The first-order valence-electron chi connectivity index (χ1n) is 5.22. The summed E-state index contributed by atoms with van der Waals surface area (Å²) < 4.78 is 2.09. The molecule has 0 fully saturated rings. The summed E-state index contributed by atoms with van der Waals surface area (Å²) in [5.74, 6) is 0.957. The Hall–Kier alpha value is -1.03. The Morgan fingerprint density at radius 3 is 2.86 bits per heavy atom. The van der Waals surface area contributed by atoms with Gasteiger partial charge in [0.1, 0.15) is 0 Å². The maximum atomic E-state index is 4.23. The Morgan fingerprint density at radius 2 is 2.21 bits per heavy atom. The molecule has 1 heterocycles. The fourth-order valence-electron chi connectivity index (χ4n) is 1.27. The molecular formula is C10H20N4. The second-order valence-electron chi connectivity index (χ2n) is 3.57. The van der Waals surface area contributed by atoms with Crippen molar-refractivity contribution in [1.82, 2.24) is 14.9 Å². The lowest BCUT2D eigenvalue weighted by atomic mass is 10.4. The predicted molar refractivity (Wildman–Crippen MR) is 59.5 cm³/mol. The monoisotopic (exact) mass is 196 g/mol. The Balaban J connectivity index is 2.24. The van der Waals surface area contributed by atoms with E-state index < -0.39 is 0 Å². The smallest absolute Gasteiger partial charge is 0.202 e. The number of hydrogen-bond acceptors (Lipinski definition) is 3. The minimum atomic E-state index is 0.544. The molecule has 0 bridgehead atoms. The van der Waals surface area contributed by atoms with Crippen LogP contribution in [0.4, 0.5) is 5.95 Å². The molecule has 1 rings (SSSR count). The molecule has 4 nitrogen and oxygen atoms in total. The maximum Gasteiger partial charge on any atom is 0.202 e. The molecule has 2 N–H and O–H groups in total. The van der Waals surface area contributed by atoms with Crippen LogP contribution in [-0.4, -0.2) is 28.7 Å². The Labute approximate surface area is 85.7 Å². The zero-order valence-corrected chi connectivity index (χ0v) is 9.25. The van der Waals surface area contributed by atoms with Crippen molar-refractivity contribution in [1.29, 1.82) is 0 Å². The molecule has 0 amide bonds. The minimum absolute atomic E-state index is 0.544. The van der Waals surface area contributed by atoms with Gasteiger partial charge in [-0.05, 0) is 6.92 Å². The summed E-state index contributed by atoms with van der Waals surface area (Å²) in [7, 11) is 0. The molecule has 14 heavy (non-hydrogen) atoms. The lowest BCUT2D eigenvalue weighted by molar-refractivity contribution is 0.600. The molecule has 0 saturated carbocycles. The zero-order chi connectivity index (χ0) is 10.4. The molecular weight excluding hydrogens is 176 g/mol. The quantitative estimate of drug-likeness (QED) is 0.674. The van der Waals surface area contributed by atoms with Crippen molar-refractivity contribution in [2.75, 3.05) is 18.4 Å². The minimum Gasteiger partial charge on any atom is -0.354 e.